The summed E-state index contributed by atoms with van der Waals surface area (Å²) in [5.74, 6) is 0. The Labute approximate surface area is 113 Å². The fourth-order valence-electron chi connectivity index (χ4n) is 2.31. The molecule has 2 rings (SSSR count). The first-order valence-electron chi connectivity index (χ1n) is 6.30. The second-order valence-electron chi connectivity index (χ2n) is 4.45. The lowest BCUT2D eigenvalue weighted by Gasteiger charge is -2.26. The molecule has 1 fully saturated rings. The Morgan fingerprint density at radius 2 is 2.39 bits per heavy atom. The van der Waals surface area contributed by atoms with E-state index in [1.807, 2.05) is 12.1 Å². The van der Waals surface area contributed by atoms with Gasteiger partial charge in [0.25, 0.3) is 0 Å². The van der Waals surface area contributed by atoms with E-state index in [9.17, 15) is 5.26 Å². The van der Waals surface area contributed by atoms with Crippen LogP contribution in [0.3, 0.4) is 0 Å². The lowest BCUT2D eigenvalue weighted by molar-refractivity contribution is 0.115. The van der Waals surface area contributed by atoms with Crippen molar-refractivity contribution in [2.45, 2.75) is 25.9 Å². The van der Waals surface area contributed by atoms with Crippen LogP contribution in [0.25, 0.3) is 0 Å². The van der Waals surface area contributed by atoms with Crippen LogP contribution in [0.15, 0.2) is 18.2 Å². The van der Waals surface area contributed by atoms with Crippen molar-refractivity contribution < 1.29 is 4.74 Å². The SMILES string of the molecule is CCN(CC1CCCO1)c1ccc(Cl)cc1C#N. The molecule has 1 atom stereocenters. The molecule has 0 N–H and O–H groups in total. The van der Waals surface area contributed by atoms with Gasteiger partial charge >= 0.3 is 0 Å². The molecule has 1 unspecified atom stereocenters. The number of rotatable bonds is 4. The van der Waals surface area contributed by atoms with E-state index in [0.717, 1.165) is 38.2 Å². The second-order valence-corrected chi connectivity index (χ2v) is 4.88. The van der Waals surface area contributed by atoms with Gasteiger partial charge in [0.1, 0.15) is 6.07 Å². The summed E-state index contributed by atoms with van der Waals surface area (Å²) in [4.78, 5) is 2.19. The number of hydrogen-bond acceptors (Lipinski definition) is 3. The predicted molar refractivity (Wildman–Crippen MR) is 73.0 cm³/mol. The van der Waals surface area contributed by atoms with Gasteiger partial charge in [-0.1, -0.05) is 11.6 Å². The van der Waals surface area contributed by atoms with Crippen molar-refractivity contribution in [3.05, 3.63) is 28.8 Å². The van der Waals surface area contributed by atoms with E-state index in [4.69, 9.17) is 16.3 Å². The highest BCUT2D eigenvalue weighted by Crippen LogP contribution is 2.25. The first kappa shape index (κ1) is 13.2. The number of ether oxygens (including phenoxy) is 1. The molecule has 1 heterocycles. The number of nitriles is 1. The van der Waals surface area contributed by atoms with Gasteiger partial charge < -0.3 is 9.64 Å². The smallest absolute Gasteiger partial charge is 0.101 e. The van der Waals surface area contributed by atoms with E-state index in [1.54, 1.807) is 6.07 Å². The monoisotopic (exact) mass is 264 g/mol. The Hall–Kier alpha value is -1.24. The molecule has 0 bridgehead atoms. The van der Waals surface area contributed by atoms with Gasteiger partial charge in [0, 0.05) is 24.7 Å². The van der Waals surface area contributed by atoms with Gasteiger partial charge in [-0.2, -0.15) is 5.26 Å². The number of halogens is 1. The molecule has 1 aliphatic rings. The first-order valence-corrected chi connectivity index (χ1v) is 6.68. The molecule has 0 aliphatic carbocycles. The van der Waals surface area contributed by atoms with Crippen molar-refractivity contribution in [3.8, 4) is 6.07 Å². The molecule has 0 radical (unpaired) electrons. The number of nitrogens with zero attached hydrogens (tertiary/aromatic N) is 2. The summed E-state index contributed by atoms with van der Waals surface area (Å²) in [7, 11) is 0. The van der Waals surface area contributed by atoms with E-state index in [0.29, 0.717) is 10.6 Å². The molecule has 96 valence electrons. The summed E-state index contributed by atoms with van der Waals surface area (Å²) in [6, 6.07) is 7.67. The maximum absolute atomic E-state index is 9.18. The number of hydrogen-bond donors (Lipinski definition) is 0. The van der Waals surface area contributed by atoms with Gasteiger partial charge in [0.2, 0.25) is 0 Å². The zero-order chi connectivity index (χ0) is 13.0. The van der Waals surface area contributed by atoms with E-state index in [1.165, 1.54) is 0 Å². The standard InChI is InChI=1S/C14H17ClN2O/c1-2-17(10-13-4-3-7-18-13)14-6-5-12(15)8-11(14)9-16/h5-6,8,13H,2-4,7,10H2,1H3. The molecular weight excluding hydrogens is 248 g/mol. The first-order chi connectivity index (χ1) is 8.74. The van der Waals surface area contributed by atoms with Crippen LogP contribution in [-0.4, -0.2) is 25.8 Å². The second kappa shape index (κ2) is 6.08. The third-order valence-electron chi connectivity index (χ3n) is 3.25. The van der Waals surface area contributed by atoms with Crippen molar-refractivity contribution in [2.24, 2.45) is 0 Å². The van der Waals surface area contributed by atoms with E-state index in [-0.39, 0.29) is 6.10 Å². The Balaban J connectivity index is 2.18. The molecule has 4 heteroatoms. The average molecular weight is 265 g/mol. The zero-order valence-electron chi connectivity index (χ0n) is 10.5. The van der Waals surface area contributed by atoms with Crippen LogP contribution in [0, 0.1) is 11.3 Å². The van der Waals surface area contributed by atoms with E-state index in [2.05, 4.69) is 17.9 Å². The van der Waals surface area contributed by atoms with E-state index >= 15 is 0 Å². The number of benzene rings is 1. The van der Waals surface area contributed by atoms with Gasteiger partial charge in [0.05, 0.1) is 17.4 Å². The normalized spacial score (nSPS) is 18.6. The molecule has 18 heavy (non-hydrogen) atoms. The van der Waals surface area contributed by atoms with Gasteiger partial charge in [-0.25, -0.2) is 0 Å². The van der Waals surface area contributed by atoms with Gasteiger partial charge in [-0.3, -0.25) is 0 Å². The van der Waals surface area contributed by atoms with Crippen LogP contribution < -0.4 is 4.90 Å². The maximum Gasteiger partial charge on any atom is 0.101 e. The summed E-state index contributed by atoms with van der Waals surface area (Å²) in [6.07, 6.45) is 2.52. The highest BCUT2D eigenvalue weighted by atomic mass is 35.5. The van der Waals surface area contributed by atoms with Crippen molar-refractivity contribution in [1.29, 1.82) is 5.26 Å². The molecular formula is C14H17ClN2O. The average Bonchev–Trinajstić information content (AvgIpc) is 2.89. The molecule has 1 aromatic rings. The summed E-state index contributed by atoms with van der Waals surface area (Å²) >= 11 is 5.92. The minimum atomic E-state index is 0.284. The molecule has 0 amide bonds. The third-order valence-corrected chi connectivity index (χ3v) is 3.48. The van der Waals surface area contributed by atoms with Crippen molar-refractivity contribution in [2.75, 3.05) is 24.6 Å². The van der Waals surface area contributed by atoms with Crippen molar-refractivity contribution >= 4 is 17.3 Å². The topological polar surface area (TPSA) is 36.3 Å². The number of anilines is 1. The Morgan fingerprint density at radius 3 is 3.00 bits per heavy atom. The fraction of sp³-hybridized carbons (Fsp3) is 0.500. The quantitative estimate of drug-likeness (QED) is 0.838. The minimum absolute atomic E-state index is 0.284. The summed E-state index contributed by atoms with van der Waals surface area (Å²) in [5, 5.41) is 9.78. The highest BCUT2D eigenvalue weighted by Gasteiger charge is 2.20. The molecule has 3 nitrogen and oxygen atoms in total. The van der Waals surface area contributed by atoms with Crippen LogP contribution >= 0.6 is 11.6 Å². The predicted octanol–water partition coefficient (Wildman–Crippen LogP) is 3.22. The fourth-order valence-corrected chi connectivity index (χ4v) is 2.48. The van der Waals surface area contributed by atoms with Gasteiger partial charge in [0.15, 0.2) is 0 Å². The highest BCUT2D eigenvalue weighted by molar-refractivity contribution is 6.30. The minimum Gasteiger partial charge on any atom is -0.376 e. The maximum atomic E-state index is 9.18. The van der Waals surface area contributed by atoms with Crippen molar-refractivity contribution in [1.82, 2.24) is 0 Å². The largest absolute Gasteiger partial charge is 0.376 e. The molecule has 1 aromatic carbocycles. The zero-order valence-corrected chi connectivity index (χ0v) is 11.3. The molecule has 1 aliphatic heterocycles. The Bertz CT molecular complexity index is 450. The lowest BCUT2D eigenvalue weighted by Crippen LogP contribution is -2.32. The van der Waals surface area contributed by atoms with E-state index < -0.39 is 0 Å². The van der Waals surface area contributed by atoms with Crippen LogP contribution in [-0.2, 0) is 4.74 Å². The summed E-state index contributed by atoms with van der Waals surface area (Å²) in [5.41, 5.74) is 1.57. The summed E-state index contributed by atoms with van der Waals surface area (Å²) < 4.78 is 5.65. The Morgan fingerprint density at radius 1 is 1.56 bits per heavy atom. The van der Waals surface area contributed by atoms with Crippen LogP contribution in [0.5, 0.6) is 0 Å². The van der Waals surface area contributed by atoms with Crippen LogP contribution in [0.2, 0.25) is 5.02 Å². The lowest BCUT2D eigenvalue weighted by atomic mass is 10.1. The van der Waals surface area contributed by atoms with Crippen molar-refractivity contribution in [3.63, 3.8) is 0 Å². The molecule has 1 saturated heterocycles. The summed E-state index contributed by atoms with van der Waals surface area (Å²) in [6.45, 7) is 4.64. The van der Waals surface area contributed by atoms with Gasteiger partial charge in [-0.05, 0) is 38.0 Å². The molecule has 0 spiro atoms. The van der Waals surface area contributed by atoms with Gasteiger partial charge in [-0.15, -0.1) is 0 Å². The van der Waals surface area contributed by atoms with Crippen LogP contribution in [0.4, 0.5) is 5.69 Å². The molecule has 0 aromatic heterocycles. The van der Waals surface area contributed by atoms with Crippen LogP contribution in [0.1, 0.15) is 25.3 Å². The number of likely N-dealkylation sites (N-methyl/N-ethyl adjacent to an activating group) is 1. The third kappa shape index (κ3) is 2.95. The Kier molecular flexibility index (Phi) is 4.46. The molecule has 0 saturated carbocycles.